The van der Waals surface area contributed by atoms with Gasteiger partial charge < -0.3 is 14.6 Å². The van der Waals surface area contributed by atoms with E-state index >= 15 is 0 Å². The van der Waals surface area contributed by atoms with Gasteiger partial charge in [0.25, 0.3) is 5.91 Å². The highest BCUT2D eigenvalue weighted by Crippen LogP contribution is 2.28. The monoisotopic (exact) mass is 410 g/mol. The van der Waals surface area contributed by atoms with Gasteiger partial charge in [0.05, 0.1) is 11.1 Å². The van der Waals surface area contributed by atoms with E-state index in [0.29, 0.717) is 11.3 Å². The molecule has 0 atom stereocenters. The quantitative estimate of drug-likeness (QED) is 0.442. The van der Waals surface area contributed by atoms with Crippen LogP contribution in [0.2, 0.25) is 0 Å². The molecule has 0 fully saturated rings. The van der Waals surface area contributed by atoms with Gasteiger partial charge in [-0.15, -0.1) is 13.2 Å². The maximum atomic E-state index is 12.9. The van der Waals surface area contributed by atoms with Crippen molar-refractivity contribution >= 4 is 22.5 Å². The van der Waals surface area contributed by atoms with E-state index in [1.165, 1.54) is 12.1 Å². The number of carbonyl (C=O) groups is 1. The Morgan fingerprint density at radius 3 is 2.30 bits per heavy atom. The predicted molar refractivity (Wildman–Crippen MR) is 109 cm³/mol. The van der Waals surface area contributed by atoms with Crippen LogP contribution in [0.15, 0.2) is 79.0 Å². The molecular weight excluding hydrogens is 393 g/mol. The van der Waals surface area contributed by atoms with E-state index in [9.17, 15) is 18.0 Å². The summed E-state index contributed by atoms with van der Waals surface area (Å²) in [5, 5.41) is 3.50. The molecule has 3 aromatic carbocycles. The largest absolute Gasteiger partial charge is 0.573 e. The molecule has 1 heterocycles. The normalized spacial score (nSPS) is 11.5. The topological polar surface area (TPSA) is 43.3 Å². The molecule has 0 saturated carbocycles. The van der Waals surface area contributed by atoms with Crippen LogP contribution in [0, 0.1) is 6.92 Å². The third kappa shape index (κ3) is 4.00. The third-order valence-corrected chi connectivity index (χ3v) is 4.68. The Morgan fingerprint density at radius 1 is 0.933 bits per heavy atom. The number of aryl methyl sites for hydroxylation is 1. The summed E-state index contributed by atoms with van der Waals surface area (Å²) >= 11 is 0. The average molecular weight is 410 g/mol. The van der Waals surface area contributed by atoms with E-state index in [1.807, 2.05) is 60.0 Å². The van der Waals surface area contributed by atoms with Crippen molar-refractivity contribution in [1.82, 2.24) is 4.57 Å². The Bertz CT molecular complexity index is 1210. The van der Waals surface area contributed by atoms with Gasteiger partial charge >= 0.3 is 6.36 Å². The minimum absolute atomic E-state index is 0.350. The summed E-state index contributed by atoms with van der Waals surface area (Å²) in [4.78, 5) is 12.9. The van der Waals surface area contributed by atoms with Crippen LogP contribution in [0.4, 0.5) is 18.9 Å². The summed E-state index contributed by atoms with van der Waals surface area (Å²) in [6.07, 6.45) is -2.99. The molecule has 4 rings (SSSR count). The van der Waals surface area contributed by atoms with Gasteiger partial charge in [-0.25, -0.2) is 0 Å². The highest BCUT2D eigenvalue weighted by Gasteiger charge is 2.31. The number of rotatable bonds is 4. The molecule has 0 saturated heterocycles. The molecule has 152 valence electrons. The molecule has 30 heavy (non-hydrogen) atoms. The van der Waals surface area contributed by atoms with Crippen molar-refractivity contribution in [2.24, 2.45) is 0 Å². The SMILES string of the molecule is Cc1ccccc1-n1cc(C(=O)Nc2ccc(OC(F)(F)F)cc2)c2ccccc21. The number of para-hydroxylation sites is 2. The third-order valence-electron chi connectivity index (χ3n) is 4.68. The van der Waals surface area contributed by atoms with Crippen molar-refractivity contribution < 1.29 is 22.7 Å². The Morgan fingerprint density at radius 2 is 1.60 bits per heavy atom. The van der Waals surface area contributed by atoms with Crippen molar-refractivity contribution in [1.29, 1.82) is 0 Å². The fourth-order valence-corrected chi connectivity index (χ4v) is 3.33. The summed E-state index contributed by atoms with van der Waals surface area (Å²) < 4.78 is 42.7. The van der Waals surface area contributed by atoms with E-state index in [2.05, 4.69) is 10.1 Å². The van der Waals surface area contributed by atoms with E-state index in [4.69, 9.17) is 0 Å². The Kier molecular flexibility index (Phi) is 4.95. The van der Waals surface area contributed by atoms with Crippen LogP contribution in [-0.2, 0) is 0 Å². The first-order chi connectivity index (χ1) is 14.3. The van der Waals surface area contributed by atoms with E-state index in [1.54, 1.807) is 6.20 Å². The number of hydrogen-bond donors (Lipinski definition) is 1. The summed E-state index contributed by atoms with van der Waals surface area (Å²) in [6.45, 7) is 1.99. The summed E-state index contributed by atoms with van der Waals surface area (Å²) in [5.74, 6) is -0.709. The Labute approximate surface area is 170 Å². The number of nitrogens with one attached hydrogen (secondary N) is 1. The first-order valence-electron chi connectivity index (χ1n) is 9.15. The highest BCUT2D eigenvalue weighted by atomic mass is 19.4. The lowest BCUT2D eigenvalue weighted by Crippen LogP contribution is -2.17. The average Bonchev–Trinajstić information content (AvgIpc) is 3.08. The number of alkyl halides is 3. The van der Waals surface area contributed by atoms with Crippen LogP contribution < -0.4 is 10.1 Å². The number of benzene rings is 3. The minimum Gasteiger partial charge on any atom is -0.406 e. The van der Waals surface area contributed by atoms with Crippen molar-refractivity contribution in [3.05, 3.63) is 90.1 Å². The zero-order chi connectivity index (χ0) is 21.3. The Hall–Kier alpha value is -3.74. The van der Waals surface area contributed by atoms with E-state index in [0.717, 1.165) is 34.3 Å². The highest BCUT2D eigenvalue weighted by molar-refractivity contribution is 6.13. The molecule has 0 unspecified atom stereocenters. The summed E-state index contributed by atoms with van der Waals surface area (Å²) in [6, 6.07) is 20.4. The molecule has 7 heteroatoms. The number of amides is 1. The maximum absolute atomic E-state index is 12.9. The molecule has 0 aliphatic heterocycles. The first-order valence-corrected chi connectivity index (χ1v) is 9.15. The van der Waals surface area contributed by atoms with Crippen molar-refractivity contribution in [2.45, 2.75) is 13.3 Å². The predicted octanol–water partition coefficient (Wildman–Crippen LogP) is 6.09. The van der Waals surface area contributed by atoms with Crippen LogP contribution >= 0.6 is 0 Å². The van der Waals surface area contributed by atoms with Crippen molar-refractivity contribution in [2.75, 3.05) is 5.32 Å². The number of carbonyl (C=O) groups excluding carboxylic acids is 1. The van der Waals surface area contributed by atoms with Gasteiger partial charge in [-0.05, 0) is 48.9 Å². The van der Waals surface area contributed by atoms with Gasteiger partial charge in [0.15, 0.2) is 0 Å². The number of halogens is 3. The van der Waals surface area contributed by atoms with Crippen LogP contribution in [0.25, 0.3) is 16.6 Å². The maximum Gasteiger partial charge on any atom is 0.573 e. The molecule has 1 amide bonds. The van der Waals surface area contributed by atoms with Gasteiger partial charge in [0.1, 0.15) is 5.75 Å². The number of aromatic nitrogens is 1. The second-order valence-electron chi connectivity index (χ2n) is 6.74. The van der Waals surface area contributed by atoms with Crippen LogP contribution in [-0.4, -0.2) is 16.8 Å². The van der Waals surface area contributed by atoms with Gasteiger partial charge in [-0.1, -0.05) is 36.4 Å². The molecule has 0 radical (unpaired) electrons. The second kappa shape index (κ2) is 7.59. The number of anilines is 1. The van der Waals surface area contributed by atoms with Crippen molar-refractivity contribution in [3.63, 3.8) is 0 Å². The number of hydrogen-bond acceptors (Lipinski definition) is 2. The molecule has 0 bridgehead atoms. The zero-order valence-electron chi connectivity index (χ0n) is 15.9. The lowest BCUT2D eigenvalue weighted by Gasteiger charge is -2.10. The van der Waals surface area contributed by atoms with Gasteiger partial charge in [-0.2, -0.15) is 0 Å². The fraction of sp³-hybridized carbons (Fsp3) is 0.0870. The van der Waals surface area contributed by atoms with Gasteiger partial charge in [0.2, 0.25) is 0 Å². The van der Waals surface area contributed by atoms with Crippen LogP contribution in [0.1, 0.15) is 15.9 Å². The van der Waals surface area contributed by atoms with E-state index in [-0.39, 0.29) is 11.7 Å². The molecule has 4 aromatic rings. The molecule has 1 N–H and O–H groups in total. The number of fused-ring (bicyclic) bond motifs is 1. The molecule has 0 spiro atoms. The van der Waals surface area contributed by atoms with Crippen molar-refractivity contribution in [3.8, 4) is 11.4 Å². The van der Waals surface area contributed by atoms with Crippen LogP contribution in [0.5, 0.6) is 5.75 Å². The summed E-state index contributed by atoms with van der Waals surface area (Å²) in [7, 11) is 0. The standard InChI is InChI=1S/C23H17F3N2O2/c1-15-6-2-4-8-20(15)28-14-19(18-7-3-5-9-21(18)28)22(29)27-16-10-12-17(13-11-16)30-23(24,25)26/h2-14H,1H3,(H,27,29). The van der Waals surface area contributed by atoms with Gasteiger partial charge in [-0.3, -0.25) is 4.79 Å². The summed E-state index contributed by atoms with van der Waals surface area (Å²) in [5.41, 5.74) is 3.73. The number of nitrogens with zero attached hydrogens (tertiary/aromatic N) is 1. The number of ether oxygens (including phenoxy) is 1. The smallest absolute Gasteiger partial charge is 0.406 e. The molecule has 0 aliphatic rings. The minimum atomic E-state index is -4.76. The second-order valence-corrected chi connectivity index (χ2v) is 6.74. The van der Waals surface area contributed by atoms with Gasteiger partial charge in [0, 0.05) is 23.0 Å². The Balaban J connectivity index is 1.65. The fourth-order valence-electron chi connectivity index (χ4n) is 3.33. The van der Waals surface area contributed by atoms with Crippen LogP contribution in [0.3, 0.4) is 0 Å². The molecule has 0 aliphatic carbocycles. The molecule has 4 nitrogen and oxygen atoms in total. The zero-order valence-corrected chi connectivity index (χ0v) is 15.9. The lowest BCUT2D eigenvalue weighted by atomic mass is 10.1. The van der Waals surface area contributed by atoms with E-state index < -0.39 is 6.36 Å². The first kappa shape index (κ1) is 19.6. The molecule has 1 aromatic heterocycles. The lowest BCUT2D eigenvalue weighted by molar-refractivity contribution is -0.274. The molecular formula is C23H17F3N2O2.